The maximum Gasteiger partial charge on any atom is 0.265 e. The monoisotopic (exact) mass is 343 g/mol. The average molecular weight is 343 g/mol. The Hall–Kier alpha value is -2.18. The summed E-state index contributed by atoms with van der Waals surface area (Å²) in [4.78, 5) is 29.5. The molecule has 1 N–H and O–H groups in total. The number of carbonyl (C=O) groups excluding carboxylic acids is 2. The molecule has 0 spiro atoms. The van der Waals surface area contributed by atoms with Crippen molar-refractivity contribution in [1.82, 2.24) is 9.80 Å². The van der Waals surface area contributed by atoms with Crippen molar-refractivity contribution in [3.63, 3.8) is 0 Å². The summed E-state index contributed by atoms with van der Waals surface area (Å²) < 4.78 is 0. The van der Waals surface area contributed by atoms with Gasteiger partial charge in [-0.2, -0.15) is 0 Å². The lowest BCUT2D eigenvalue weighted by Crippen LogP contribution is -2.48. The van der Waals surface area contributed by atoms with Crippen LogP contribution in [0.25, 0.3) is 0 Å². The third-order valence-corrected chi connectivity index (χ3v) is 5.11. The molecule has 6 heteroatoms. The average Bonchev–Trinajstić information content (AvgIpc) is 3.17. The van der Waals surface area contributed by atoms with Gasteiger partial charge in [0.2, 0.25) is 0 Å². The van der Waals surface area contributed by atoms with E-state index in [0.717, 1.165) is 32.7 Å². The van der Waals surface area contributed by atoms with Crippen LogP contribution < -0.4 is 5.32 Å². The van der Waals surface area contributed by atoms with Gasteiger partial charge in [0.1, 0.15) is 0 Å². The molecule has 0 aliphatic carbocycles. The van der Waals surface area contributed by atoms with E-state index >= 15 is 0 Å². The number of likely N-dealkylation sites (N-methyl/N-ethyl adjacent to an activating group) is 1. The number of rotatable bonds is 4. The fourth-order valence-corrected chi connectivity index (χ4v) is 3.37. The number of benzene rings is 1. The molecule has 0 atom stereocenters. The minimum Gasteiger partial charge on any atom is -0.336 e. The largest absolute Gasteiger partial charge is 0.336 e. The molecule has 1 fully saturated rings. The molecule has 3 rings (SSSR count). The van der Waals surface area contributed by atoms with Crippen LogP contribution in [0.3, 0.4) is 0 Å². The molecule has 0 saturated carbocycles. The zero-order valence-electron chi connectivity index (χ0n) is 13.7. The highest BCUT2D eigenvalue weighted by Gasteiger charge is 2.21. The molecule has 0 bridgehead atoms. The lowest BCUT2D eigenvalue weighted by Gasteiger charge is -2.34. The molecule has 2 amide bonds. The summed E-state index contributed by atoms with van der Waals surface area (Å²) in [7, 11) is 0. The Balaban J connectivity index is 1.60. The van der Waals surface area contributed by atoms with Gasteiger partial charge < -0.3 is 15.1 Å². The number of anilines is 1. The Morgan fingerprint density at radius 3 is 2.38 bits per heavy atom. The molecule has 1 aliphatic rings. The molecule has 1 aliphatic heterocycles. The number of amides is 2. The highest BCUT2D eigenvalue weighted by molar-refractivity contribution is 7.12. The second kappa shape index (κ2) is 7.59. The van der Waals surface area contributed by atoms with Gasteiger partial charge in [-0.3, -0.25) is 9.59 Å². The van der Waals surface area contributed by atoms with Gasteiger partial charge in [0.25, 0.3) is 11.8 Å². The summed E-state index contributed by atoms with van der Waals surface area (Å²) in [6.07, 6.45) is 0. The maximum absolute atomic E-state index is 12.5. The van der Waals surface area contributed by atoms with E-state index in [1.807, 2.05) is 16.3 Å². The Kier molecular flexibility index (Phi) is 5.27. The Morgan fingerprint density at radius 2 is 1.79 bits per heavy atom. The van der Waals surface area contributed by atoms with Gasteiger partial charge in [0, 0.05) is 37.4 Å². The topological polar surface area (TPSA) is 52.6 Å². The molecule has 24 heavy (non-hydrogen) atoms. The summed E-state index contributed by atoms with van der Waals surface area (Å²) in [6, 6.07) is 10.7. The Morgan fingerprint density at radius 1 is 1.08 bits per heavy atom. The van der Waals surface area contributed by atoms with Gasteiger partial charge in [-0.05, 0) is 42.3 Å². The number of hydrogen-bond acceptors (Lipinski definition) is 4. The van der Waals surface area contributed by atoms with Crippen LogP contribution >= 0.6 is 11.3 Å². The quantitative estimate of drug-likeness (QED) is 0.929. The summed E-state index contributed by atoms with van der Waals surface area (Å²) in [5, 5.41) is 4.71. The first-order valence-corrected chi connectivity index (χ1v) is 9.02. The number of nitrogens with one attached hydrogen (secondary N) is 1. The number of thiophene rings is 1. The van der Waals surface area contributed by atoms with Crippen molar-refractivity contribution in [2.24, 2.45) is 0 Å². The van der Waals surface area contributed by atoms with Crippen molar-refractivity contribution in [3.8, 4) is 0 Å². The van der Waals surface area contributed by atoms with Gasteiger partial charge >= 0.3 is 0 Å². The zero-order valence-corrected chi connectivity index (χ0v) is 14.5. The van der Waals surface area contributed by atoms with E-state index in [1.54, 1.807) is 30.3 Å². The van der Waals surface area contributed by atoms with E-state index in [1.165, 1.54) is 11.3 Å². The molecule has 1 aromatic carbocycles. The minimum atomic E-state index is -0.125. The Labute approximate surface area is 145 Å². The highest BCUT2D eigenvalue weighted by Crippen LogP contribution is 2.16. The molecule has 2 heterocycles. The second-order valence-electron chi connectivity index (χ2n) is 5.74. The Bertz CT molecular complexity index is 690. The van der Waals surface area contributed by atoms with E-state index in [2.05, 4.69) is 17.1 Å². The van der Waals surface area contributed by atoms with Crippen molar-refractivity contribution in [3.05, 3.63) is 52.2 Å². The first kappa shape index (κ1) is 16.7. The van der Waals surface area contributed by atoms with Gasteiger partial charge in [0.05, 0.1) is 4.88 Å². The third kappa shape index (κ3) is 3.83. The first-order chi connectivity index (χ1) is 11.7. The van der Waals surface area contributed by atoms with Crippen molar-refractivity contribution >= 4 is 28.8 Å². The summed E-state index contributed by atoms with van der Waals surface area (Å²) in [5.41, 5.74) is 1.36. The highest BCUT2D eigenvalue weighted by atomic mass is 32.1. The van der Waals surface area contributed by atoms with Crippen LogP contribution in [-0.4, -0.2) is 54.3 Å². The number of piperazine rings is 1. The van der Waals surface area contributed by atoms with Crippen molar-refractivity contribution in [2.45, 2.75) is 6.92 Å². The smallest absolute Gasteiger partial charge is 0.265 e. The van der Waals surface area contributed by atoms with Crippen LogP contribution in [0.2, 0.25) is 0 Å². The molecule has 1 aromatic heterocycles. The molecule has 2 aromatic rings. The number of nitrogens with zero attached hydrogens (tertiary/aromatic N) is 2. The van der Waals surface area contributed by atoms with Crippen LogP contribution in [0.5, 0.6) is 0 Å². The zero-order chi connectivity index (χ0) is 16.9. The fraction of sp³-hybridized carbons (Fsp3) is 0.333. The summed E-state index contributed by atoms with van der Waals surface area (Å²) in [5.74, 6) is -0.0679. The van der Waals surface area contributed by atoms with E-state index in [4.69, 9.17) is 0 Å². The van der Waals surface area contributed by atoms with Gasteiger partial charge in [0.15, 0.2) is 0 Å². The molecule has 1 saturated heterocycles. The van der Waals surface area contributed by atoms with Crippen molar-refractivity contribution in [2.75, 3.05) is 38.0 Å². The summed E-state index contributed by atoms with van der Waals surface area (Å²) >= 11 is 1.40. The molecule has 5 nitrogen and oxygen atoms in total. The maximum atomic E-state index is 12.5. The second-order valence-corrected chi connectivity index (χ2v) is 6.68. The van der Waals surface area contributed by atoms with Crippen LogP contribution in [0.1, 0.15) is 27.0 Å². The number of carbonyl (C=O) groups is 2. The molecule has 126 valence electrons. The molecular formula is C18H21N3O2S. The first-order valence-electron chi connectivity index (χ1n) is 8.14. The number of hydrogen-bond donors (Lipinski definition) is 1. The van der Waals surface area contributed by atoms with Crippen molar-refractivity contribution < 1.29 is 9.59 Å². The SMILES string of the molecule is CCN1CCN(C(=O)c2ccc(NC(=O)c3cccs3)cc2)CC1. The van der Waals surface area contributed by atoms with Crippen LogP contribution in [-0.2, 0) is 0 Å². The van der Waals surface area contributed by atoms with Gasteiger partial charge in [-0.1, -0.05) is 13.0 Å². The van der Waals surface area contributed by atoms with E-state index in [0.29, 0.717) is 16.1 Å². The lowest BCUT2D eigenvalue weighted by molar-refractivity contribution is 0.0643. The molecular weight excluding hydrogens is 322 g/mol. The molecule has 0 unspecified atom stereocenters. The molecule has 0 radical (unpaired) electrons. The minimum absolute atomic E-state index is 0.0573. The lowest BCUT2D eigenvalue weighted by atomic mass is 10.1. The van der Waals surface area contributed by atoms with Crippen LogP contribution in [0.4, 0.5) is 5.69 Å². The van der Waals surface area contributed by atoms with Crippen molar-refractivity contribution in [1.29, 1.82) is 0 Å². The van der Waals surface area contributed by atoms with Gasteiger partial charge in [-0.25, -0.2) is 0 Å². The summed E-state index contributed by atoms with van der Waals surface area (Å²) in [6.45, 7) is 6.56. The fourth-order valence-electron chi connectivity index (χ4n) is 2.75. The third-order valence-electron chi connectivity index (χ3n) is 4.24. The van der Waals surface area contributed by atoms with Gasteiger partial charge in [-0.15, -0.1) is 11.3 Å². The predicted molar refractivity (Wildman–Crippen MR) is 96.7 cm³/mol. The standard InChI is InChI=1S/C18H21N3O2S/c1-2-20-9-11-21(12-10-20)18(23)14-5-7-15(8-6-14)19-17(22)16-4-3-13-24-16/h3-8,13H,2,9-12H2,1H3,(H,19,22). The van der Waals surface area contributed by atoms with E-state index in [-0.39, 0.29) is 11.8 Å². The van der Waals surface area contributed by atoms with E-state index in [9.17, 15) is 9.59 Å². The van der Waals surface area contributed by atoms with Crippen LogP contribution in [0, 0.1) is 0 Å². The normalized spacial score (nSPS) is 15.3. The van der Waals surface area contributed by atoms with Crippen LogP contribution in [0.15, 0.2) is 41.8 Å². The van der Waals surface area contributed by atoms with E-state index < -0.39 is 0 Å². The predicted octanol–water partition coefficient (Wildman–Crippen LogP) is 2.78.